The molecule has 0 spiro atoms. The van der Waals surface area contributed by atoms with Crippen LogP contribution in [0.15, 0.2) is 4.42 Å². The van der Waals surface area contributed by atoms with Gasteiger partial charge in [0.05, 0.1) is 12.2 Å². The summed E-state index contributed by atoms with van der Waals surface area (Å²) >= 11 is 0. The van der Waals surface area contributed by atoms with E-state index in [1.807, 2.05) is 6.92 Å². The van der Waals surface area contributed by atoms with Gasteiger partial charge in [-0.25, -0.2) is 4.79 Å². The first-order valence-electron chi connectivity index (χ1n) is 5.92. The van der Waals surface area contributed by atoms with Gasteiger partial charge in [0.1, 0.15) is 17.6 Å². The number of carbonyl (C=O) groups is 2. The quantitative estimate of drug-likeness (QED) is 0.832. The first-order chi connectivity index (χ1) is 8.38. The first kappa shape index (κ1) is 14.3. The van der Waals surface area contributed by atoms with Gasteiger partial charge in [0, 0.05) is 5.56 Å². The molecular weight excluding hydrogens is 234 g/mol. The summed E-state index contributed by atoms with van der Waals surface area (Å²) in [6.45, 7) is 8.95. The van der Waals surface area contributed by atoms with Crippen LogP contribution in [0.1, 0.15) is 41.3 Å². The molecular formula is C13H19NO4. The van der Waals surface area contributed by atoms with E-state index < -0.39 is 12.0 Å². The molecule has 0 aliphatic heterocycles. The number of hydrogen-bond donors (Lipinski definition) is 1. The van der Waals surface area contributed by atoms with Crippen LogP contribution in [0, 0.1) is 20.8 Å². The Kier molecular flexibility index (Phi) is 4.53. The minimum absolute atomic E-state index is 0.294. The number of nitrogens with one attached hydrogen (secondary N) is 1. The SMILES string of the molecule is CCOC(=O)C(C)NC(=O)c1c(C)oc(C)c1C. The van der Waals surface area contributed by atoms with Crippen molar-refractivity contribution >= 4 is 11.9 Å². The summed E-state index contributed by atoms with van der Waals surface area (Å²) in [6, 6.07) is -0.675. The second kappa shape index (κ2) is 5.71. The maximum atomic E-state index is 12.0. The fourth-order valence-electron chi connectivity index (χ4n) is 1.72. The molecule has 5 heteroatoms. The van der Waals surface area contributed by atoms with E-state index in [0.29, 0.717) is 23.7 Å². The Balaban J connectivity index is 2.80. The van der Waals surface area contributed by atoms with Crippen LogP contribution in [-0.2, 0) is 9.53 Å². The van der Waals surface area contributed by atoms with Crippen LogP contribution < -0.4 is 5.32 Å². The predicted molar refractivity (Wildman–Crippen MR) is 66.5 cm³/mol. The van der Waals surface area contributed by atoms with Crippen LogP contribution in [0.2, 0.25) is 0 Å². The Morgan fingerprint density at radius 1 is 1.28 bits per heavy atom. The fourth-order valence-corrected chi connectivity index (χ4v) is 1.72. The van der Waals surface area contributed by atoms with Crippen LogP contribution in [0.3, 0.4) is 0 Å². The highest BCUT2D eigenvalue weighted by molar-refractivity contribution is 5.98. The van der Waals surface area contributed by atoms with Crippen molar-refractivity contribution in [3.05, 3.63) is 22.6 Å². The lowest BCUT2D eigenvalue weighted by Crippen LogP contribution is -2.39. The minimum atomic E-state index is -0.675. The Morgan fingerprint density at radius 3 is 2.33 bits per heavy atom. The maximum Gasteiger partial charge on any atom is 0.328 e. The standard InChI is InChI=1S/C13H19NO4/c1-6-17-13(16)8(3)14-12(15)11-7(2)9(4)18-10(11)5/h8H,6H2,1-5H3,(H,14,15). The van der Waals surface area contributed by atoms with Gasteiger partial charge in [0.15, 0.2) is 0 Å². The highest BCUT2D eigenvalue weighted by atomic mass is 16.5. The van der Waals surface area contributed by atoms with Crippen LogP contribution in [0.25, 0.3) is 0 Å². The van der Waals surface area contributed by atoms with E-state index in [4.69, 9.17) is 9.15 Å². The number of aryl methyl sites for hydroxylation is 2. The third kappa shape index (κ3) is 2.91. The van der Waals surface area contributed by atoms with Crippen molar-refractivity contribution in [1.82, 2.24) is 5.32 Å². The van der Waals surface area contributed by atoms with Gasteiger partial charge in [-0.1, -0.05) is 0 Å². The van der Waals surface area contributed by atoms with Crippen molar-refractivity contribution in [2.75, 3.05) is 6.61 Å². The molecule has 0 aliphatic rings. The van der Waals surface area contributed by atoms with E-state index in [2.05, 4.69) is 5.32 Å². The third-order valence-corrected chi connectivity index (χ3v) is 2.78. The molecule has 5 nitrogen and oxygen atoms in total. The Labute approximate surface area is 106 Å². The van der Waals surface area contributed by atoms with Crippen LogP contribution in [-0.4, -0.2) is 24.5 Å². The molecule has 0 saturated carbocycles. The number of rotatable bonds is 4. The lowest BCUT2D eigenvalue weighted by atomic mass is 10.1. The Bertz CT molecular complexity index is 462. The highest BCUT2D eigenvalue weighted by Crippen LogP contribution is 2.20. The lowest BCUT2D eigenvalue weighted by molar-refractivity contribution is -0.144. The average molecular weight is 253 g/mol. The van der Waals surface area contributed by atoms with E-state index in [1.165, 1.54) is 0 Å². The molecule has 0 radical (unpaired) electrons. The van der Waals surface area contributed by atoms with E-state index in [-0.39, 0.29) is 5.91 Å². The van der Waals surface area contributed by atoms with Crippen LogP contribution in [0.5, 0.6) is 0 Å². The number of ether oxygens (including phenoxy) is 1. The van der Waals surface area contributed by atoms with E-state index >= 15 is 0 Å². The van der Waals surface area contributed by atoms with Gasteiger partial charge in [0.2, 0.25) is 0 Å². The molecule has 0 saturated heterocycles. The van der Waals surface area contributed by atoms with Crippen molar-refractivity contribution in [3.63, 3.8) is 0 Å². The summed E-state index contributed by atoms with van der Waals surface area (Å²) in [5.74, 6) is 0.503. The minimum Gasteiger partial charge on any atom is -0.466 e. The molecule has 0 fully saturated rings. The van der Waals surface area contributed by atoms with Gasteiger partial charge in [-0.3, -0.25) is 4.79 Å². The number of hydrogen-bond acceptors (Lipinski definition) is 4. The van der Waals surface area contributed by atoms with Crippen molar-refractivity contribution in [2.45, 2.75) is 40.7 Å². The van der Waals surface area contributed by atoms with Gasteiger partial charge in [0.25, 0.3) is 5.91 Å². The Morgan fingerprint density at radius 2 is 1.89 bits per heavy atom. The smallest absolute Gasteiger partial charge is 0.328 e. The molecule has 1 aromatic heterocycles. The second-order valence-electron chi connectivity index (χ2n) is 4.16. The maximum absolute atomic E-state index is 12.0. The summed E-state index contributed by atoms with van der Waals surface area (Å²) in [4.78, 5) is 23.5. The van der Waals surface area contributed by atoms with Crippen molar-refractivity contribution in [2.24, 2.45) is 0 Å². The molecule has 1 N–H and O–H groups in total. The van der Waals surface area contributed by atoms with Crippen molar-refractivity contribution in [1.29, 1.82) is 0 Å². The molecule has 0 aliphatic carbocycles. The summed E-state index contributed by atoms with van der Waals surface area (Å²) in [5.41, 5.74) is 1.28. The number of carbonyl (C=O) groups excluding carboxylic acids is 2. The predicted octanol–water partition coefficient (Wildman–Crippen LogP) is 1.89. The summed E-state index contributed by atoms with van der Waals surface area (Å²) in [6.07, 6.45) is 0. The van der Waals surface area contributed by atoms with Crippen molar-refractivity contribution < 1.29 is 18.7 Å². The zero-order valence-corrected chi connectivity index (χ0v) is 11.4. The van der Waals surface area contributed by atoms with Gasteiger partial charge in [-0.05, 0) is 34.6 Å². The largest absolute Gasteiger partial charge is 0.466 e. The van der Waals surface area contributed by atoms with Crippen molar-refractivity contribution in [3.8, 4) is 0 Å². The summed E-state index contributed by atoms with van der Waals surface area (Å²) in [5, 5.41) is 2.60. The molecule has 1 aromatic rings. The van der Waals surface area contributed by atoms with Gasteiger partial charge in [-0.15, -0.1) is 0 Å². The molecule has 100 valence electrons. The summed E-state index contributed by atoms with van der Waals surface area (Å²) < 4.78 is 10.2. The van der Waals surface area contributed by atoms with Gasteiger partial charge in [-0.2, -0.15) is 0 Å². The molecule has 1 rings (SSSR count). The normalized spacial score (nSPS) is 12.1. The number of amides is 1. The van der Waals surface area contributed by atoms with E-state index in [0.717, 1.165) is 5.56 Å². The zero-order valence-electron chi connectivity index (χ0n) is 11.4. The second-order valence-corrected chi connectivity index (χ2v) is 4.16. The third-order valence-electron chi connectivity index (χ3n) is 2.78. The summed E-state index contributed by atoms with van der Waals surface area (Å²) in [7, 11) is 0. The molecule has 18 heavy (non-hydrogen) atoms. The molecule has 0 aromatic carbocycles. The monoisotopic (exact) mass is 253 g/mol. The topological polar surface area (TPSA) is 68.5 Å². The van der Waals surface area contributed by atoms with E-state index in [9.17, 15) is 9.59 Å². The highest BCUT2D eigenvalue weighted by Gasteiger charge is 2.22. The molecule has 1 heterocycles. The molecule has 1 unspecified atom stereocenters. The first-order valence-corrected chi connectivity index (χ1v) is 5.92. The van der Waals surface area contributed by atoms with Crippen LogP contribution >= 0.6 is 0 Å². The average Bonchev–Trinajstić information content (AvgIpc) is 2.53. The van der Waals surface area contributed by atoms with Gasteiger partial charge >= 0.3 is 5.97 Å². The van der Waals surface area contributed by atoms with E-state index in [1.54, 1.807) is 27.7 Å². The lowest BCUT2D eigenvalue weighted by Gasteiger charge is -2.12. The zero-order chi connectivity index (χ0) is 13.9. The number of esters is 1. The molecule has 1 amide bonds. The fraction of sp³-hybridized carbons (Fsp3) is 0.538. The van der Waals surface area contributed by atoms with Gasteiger partial charge < -0.3 is 14.5 Å². The molecule has 1 atom stereocenters. The molecule has 0 bridgehead atoms. The van der Waals surface area contributed by atoms with Crippen LogP contribution in [0.4, 0.5) is 0 Å². The number of furan rings is 1. The Hall–Kier alpha value is -1.78.